The summed E-state index contributed by atoms with van der Waals surface area (Å²) in [4.78, 5) is 15.9. The van der Waals surface area contributed by atoms with Crippen molar-refractivity contribution in [3.8, 4) is 0 Å². The molecule has 0 aliphatic heterocycles. The Morgan fingerprint density at radius 2 is 2.05 bits per heavy atom. The van der Waals surface area contributed by atoms with Gasteiger partial charge in [-0.2, -0.15) is 9.97 Å². The molecule has 0 saturated heterocycles. The number of aromatic amines is 1. The molecule has 6 nitrogen and oxygen atoms in total. The Kier molecular flexibility index (Phi) is 3.27. The van der Waals surface area contributed by atoms with Crippen LogP contribution in [-0.2, 0) is 0 Å². The van der Waals surface area contributed by atoms with E-state index < -0.39 is 0 Å². The van der Waals surface area contributed by atoms with E-state index in [1.54, 1.807) is 13.4 Å². The predicted molar refractivity (Wildman–Crippen MR) is 83.4 cm³/mol. The highest BCUT2D eigenvalue weighted by Gasteiger charge is 2.09. The number of anilines is 3. The molecule has 20 heavy (non-hydrogen) atoms. The van der Waals surface area contributed by atoms with Gasteiger partial charge in [0.05, 0.1) is 6.33 Å². The van der Waals surface area contributed by atoms with Gasteiger partial charge in [0.25, 0.3) is 0 Å². The van der Waals surface area contributed by atoms with Crippen molar-refractivity contribution >= 4 is 44.5 Å². The molecule has 0 spiro atoms. The lowest BCUT2D eigenvalue weighted by atomic mass is 10.2. The topological polar surface area (TPSA) is 78.5 Å². The zero-order chi connectivity index (χ0) is 14.1. The zero-order valence-corrected chi connectivity index (χ0v) is 12.6. The van der Waals surface area contributed by atoms with Gasteiger partial charge in [0.2, 0.25) is 5.95 Å². The fraction of sp³-hybridized carbons (Fsp3) is 0.154. The van der Waals surface area contributed by atoms with Gasteiger partial charge >= 0.3 is 0 Å². The van der Waals surface area contributed by atoms with Crippen molar-refractivity contribution in [2.45, 2.75) is 6.92 Å². The number of nitrogens with one attached hydrogen (secondary N) is 3. The third kappa shape index (κ3) is 2.44. The monoisotopic (exact) mass is 332 g/mol. The van der Waals surface area contributed by atoms with Gasteiger partial charge in [-0.15, -0.1) is 0 Å². The largest absolute Gasteiger partial charge is 0.357 e. The number of fused-ring (bicyclic) bond motifs is 1. The second-order valence-corrected chi connectivity index (χ2v) is 5.30. The van der Waals surface area contributed by atoms with Crippen LogP contribution < -0.4 is 10.6 Å². The van der Waals surface area contributed by atoms with Gasteiger partial charge in [-0.3, -0.25) is 0 Å². The van der Waals surface area contributed by atoms with Crippen molar-refractivity contribution in [1.29, 1.82) is 0 Å². The van der Waals surface area contributed by atoms with Crippen LogP contribution in [0.5, 0.6) is 0 Å². The first-order valence-electron chi connectivity index (χ1n) is 6.09. The highest BCUT2D eigenvalue weighted by molar-refractivity contribution is 9.10. The summed E-state index contributed by atoms with van der Waals surface area (Å²) in [7, 11) is 1.78. The van der Waals surface area contributed by atoms with E-state index in [1.165, 1.54) is 0 Å². The summed E-state index contributed by atoms with van der Waals surface area (Å²) >= 11 is 3.49. The van der Waals surface area contributed by atoms with E-state index in [-0.39, 0.29) is 0 Å². The van der Waals surface area contributed by atoms with Crippen molar-refractivity contribution in [1.82, 2.24) is 19.9 Å². The first kappa shape index (κ1) is 12.9. The molecule has 3 aromatic rings. The van der Waals surface area contributed by atoms with Gasteiger partial charge in [-0.1, -0.05) is 15.9 Å². The Balaban J connectivity index is 2.07. The standard InChI is InChI=1S/C13H13BrN6/c1-7-3-8(14)5-9(4-7)18-12-10-11(17-6-16-10)19-13(15-2)20-12/h3-6H,1-2H3,(H3,15,16,17,18,19,20). The van der Waals surface area contributed by atoms with E-state index >= 15 is 0 Å². The summed E-state index contributed by atoms with van der Waals surface area (Å²) in [5.74, 6) is 1.22. The van der Waals surface area contributed by atoms with Crippen LogP contribution in [0.1, 0.15) is 5.56 Å². The quantitative estimate of drug-likeness (QED) is 0.686. The van der Waals surface area contributed by atoms with E-state index in [2.05, 4.69) is 52.6 Å². The molecule has 0 bridgehead atoms. The van der Waals surface area contributed by atoms with Gasteiger partial charge in [0, 0.05) is 17.2 Å². The van der Waals surface area contributed by atoms with E-state index in [9.17, 15) is 0 Å². The molecule has 0 fully saturated rings. The molecule has 0 atom stereocenters. The smallest absolute Gasteiger partial charge is 0.226 e. The Morgan fingerprint density at radius 1 is 1.20 bits per heavy atom. The molecular weight excluding hydrogens is 320 g/mol. The minimum atomic E-state index is 0.527. The van der Waals surface area contributed by atoms with Gasteiger partial charge in [-0.25, -0.2) is 4.98 Å². The number of imidazole rings is 1. The van der Waals surface area contributed by atoms with Crippen molar-refractivity contribution in [3.05, 3.63) is 34.6 Å². The van der Waals surface area contributed by atoms with Gasteiger partial charge in [-0.05, 0) is 30.7 Å². The molecule has 3 N–H and O–H groups in total. The Bertz CT molecular complexity index is 746. The van der Waals surface area contributed by atoms with Crippen LogP contribution in [0, 0.1) is 6.92 Å². The molecule has 0 saturated carbocycles. The van der Waals surface area contributed by atoms with Crippen molar-refractivity contribution in [2.75, 3.05) is 17.7 Å². The van der Waals surface area contributed by atoms with Crippen LogP contribution in [0.4, 0.5) is 17.5 Å². The second kappa shape index (κ2) is 5.09. The molecule has 2 heterocycles. The first-order chi connectivity index (χ1) is 9.65. The summed E-state index contributed by atoms with van der Waals surface area (Å²) < 4.78 is 1.02. The molecule has 3 rings (SSSR count). The lowest BCUT2D eigenvalue weighted by Crippen LogP contribution is -2.02. The van der Waals surface area contributed by atoms with E-state index in [0.29, 0.717) is 17.4 Å². The molecule has 0 aliphatic carbocycles. The molecule has 0 radical (unpaired) electrons. The van der Waals surface area contributed by atoms with Crippen LogP contribution in [0.3, 0.4) is 0 Å². The zero-order valence-electron chi connectivity index (χ0n) is 11.0. The lowest BCUT2D eigenvalue weighted by molar-refractivity contribution is 1.18. The van der Waals surface area contributed by atoms with Crippen LogP contribution in [0.15, 0.2) is 29.0 Å². The number of benzene rings is 1. The van der Waals surface area contributed by atoms with Gasteiger partial charge < -0.3 is 15.6 Å². The van der Waals surface area contributed by atoms with E-state index in [0.717, 1.165) is 21.2 Å². The normalized spacial score (nSPS) is 10.8. The molecule has 102 valence electrons. The molecule has 2 aromatic heterocycles. The summed E-state index contributed by atoms with van der Waals surface area (Å²) in [5, 5.41) is 6.23. The Hall–Kier alpha value is -2.15. The molecule has 1 aromatic carbocycles. The summed E-state index contributed by atoms with van der Waals surface area (Å²) in [6, 6.07) is 6.10. The Morgan fingerprint density at radius 3 is 2.80 bits per heavy atom. The number of aromatic nitrogens is 4. The van der Waals surface area contributed by atoms with Crippen LogP contribution >= 0.6 is 15.9 Å². The number of rotatable bonds is 3. The van der Waals surface area contributed by atoms with E-state index in [4.69, 9.17) is 0 Å². The number of hydrogen-bond donors (Lipinski definition) is 3. The molecule has 0 amide bonds. The fourth-order valence-corrected chi connectivity index (χ4v) is 2.59. The van der Waals surface area contributed by atoms with Crippen molar-refractivity contribution < 1.29 is 0 Å². The van der Waals surface area contributed by atoms with Gasteiger partial charge in [0.15, 0.2) is 11.5 Å². The second-order valence-electron chi connectivity index (χ2n) is 4.39. The molecule has 7 heteroatoms. The number of halogens is 1. The summed E-state index contributed by atoms with van der Waals surface area (Å²) in [6.07, 6.45) is 1.61. The highest BCUT2D eigenvalue weighted by Crippen LogP contribution is 2.25. The fourth-order valence-electron chi connectivity index (χ4n) is 1.98. The first-order valence-corrected chi connectivity index (χ1v) is 6.88. The van der Waals surface area contributed by atoms with E-state index in [1.807, 2.05) is 19.1 Å². The lowest BCUT2D eigenvalue weighted by Gasteiger charge is -2.09. The Labute approximate surface area is 124 Å². The maximum absolute atomic E-state index is 4.43. The number of hydrogen-bond acceptors (Lipinski definition) is 5. The molecular formula is C13H13BrN6. The van der Waals surface area contributed by atoms with Crippen molar-refractivity contribution in [3.63, 3.8) is 0 Å². The summed E-state index contributed by atoms with van der Waals surface area (Å²) in [6.45, 7) is 2.04. The predicted octanol–water partition coefficient (Wildman–Crippen LogP) is 3.21. The van der Waals surface area contributed by atoms with Gasteiger partial charge in [0.1, 0.15) is 5.52 Å². The molecule has 0 aliphatic rings. The third-order valence-corrected chi connectivity index (χ3v) is 3.27. The average Bonchev–Trinajstić information content (AvgIpc) is 2.85. The summed E-state index contributed by atoms with van der Waals surface area (Å²) in [5.41, 5.74) is 3.51. The van der Waals surface area contributed by atoms with Crippen LogP contribution in [0.2, 0.25) is 0 Å². The number of nitrogens with zero attached hydrogens (tertiary/aromatic N) is 3. The minimum Gasteiger partial charge on any atom is -0.357 e. The minimum absolute atomic E-state index is 0.527. The average molecular weight is 333 g/mol. The van der Waals surface area contributed by atoms with Crippen LogP contribution in [-0.4, -0.2) is 27.0 Å². The highest BCUT2D eigenvalue weighted by atomic mass is 79.9. The van der Waals surface area contributed by atoms with Crippen LogP contribution in [0.25, 0.3) is 11.2 Å². The maximum atomic E-state index is 4.43. The number of H-pyrrole nitrogens is 1. The molecule has 0 unspecified atom stereocenters. The third-order valence-electron chi connectivity index (χ3n) is 2.81. The van der Waals surface area contributed by atoms with Crippen molar-refractivity contribution in [2.24, 2.45) is 0 Å². The SMILES string of the molecule is CNc1nc(Nc2cc(C)cc(Br)c2)c2[nH]cnc2n1. The number of aryl methyl sites for hydroxylation is 1. The maximum Gasteiger partial charge on any atom is 0.226 e.